The highest BCUT2D eigenvalue weighted by molar-refractivity contribution is 7.14. The van der Waals surface area contributed by atoms with E-state index in [0.29, 0.717) is 16.6 Å². The standard InChI is InChI=1S/C11H11ClN2O2S/c1-6(2)8-5-17-11(13-8)14-10(15)7-3-4-16-9(7)12/h3-6H,1-2H3,(H,13,14,15). The Kier molecular flexibility index (Phi) is 3.49. The molecule has 0 saturated carbocycles. The molecule has 0 bridgehead atoms. The Hall–Kier alpha value is -1.33. The van der Waals surface area contributed by atoms with Gasteiger partial charge in [-0.3, -0.25) is 10.1 Å². The number of halogens is 1. The van der Waals surface area contributed by atoms with E-state index in [1.54, 1.807) is 0 Å². The highest BCUT2D eigenvalue weighted by atomic mass is 35.5. The fourth-order valence-corrected chi connectivity index (χ4v) is 2.30. The number of furan rings is 1. The molecule has 2 heterocycles. The Labute approximate surface area is 108 Å². The van der Waals surface area contributed by atoms with Crippen molar-refractivity contribution in [3.05, 3.63) is 34.2 Å². The van der Waals surface area contributed by atoms with Gasteiger partial charge in [0.25, 0.3) is 5.91 Å². The largest absolute Gasteiger partial charge is 0.452 e. The zero-order valence-electron chi connectivity index (χ0n) is 9.36. The molecular weight excluding hydrogens is 260 g/mol. The van der Waals surface area contributed by atoms with Gasteiger partial charge in [0, 0.05) is 5.38 Å². The van der Waals surface area contributed by atoms with Crippen molar-refractivity contribution in [2.45, 2.75) is 19.8 Å². The van der Waals surface area contributed by atoms with Crippen LogP contribution in [0.4, 0.5) is 5.13 Å². The van der Waals surface area contributed by atoms with E-state index in [4.69, 9.17) is 16.0 Å². The number of thiazole rings is 1. The van der Waals surface area contributed by atoms with Crippen molar-refractivity contribution in [2.24, 2.45) is 0 Å². The lowest BCUT2D eigenvalue weighted by Crippen LogP contribution is -2.11. The van der Waals surface area contributed by atoms with Crippen LogP contribution in [0.5, 0.6) is 0 Å². The normalized spacial score (nSPS) is 10.8. The maximum Gasteiger partial charge on any atom is 0.262 e. The third kappa shape index (κ3) is 2.68. The minimum atomic E-state index is -0.312. The topological polar surface area (TPSA) is 55.1 Å². The molecule has 4 nitrogen and oxygen atoms in total. The first-order valence-corrected chi connectivity index (χ1v) is 6.33. The molecule has 90 valence electrons. The molecule has 2 rings (SSSR count). The maximum atomic E-state index is 11.8. The molecule has 0 fully saturated rings. The zero-order chi connectivity index (χ0) is 12.4. The lowest BCUT2D eigenvalue weighted by Gasteiger charge is -1.99. The number of amides is 1. The van der Waals surface area contributed by atoms with E-state index in [0.717, 1.165) is 5.69 Å². The van der Waals surface area contributed by atoms with Gasteiger partial charge in [0.15, 0.2) is 5.13 Å². The van der Waals surface area contributed by atoms with E-state index in [2.05, 4.69) is 10.3 Å². The molecule has 2 aromatic rings. The minimum Gasteiger partial charge on any atom is -0.452 e. The van der Waals surface area contributed by atoms with Crippen molar-refractivity contribution in [2.75, 3.05) is 5.32 Å². The Morgan fingerprint density at radius 2 is 2.35 bits per heavy atom. The van der Waals surface area contributed by atoms with Crippen LogP contribution in [0, 0.1) is 0 Å². The SMILES string of the molecule is CC(C)c1csc(NC(=O)c2ccoc2Cl)n1. The maximum absolute atomic E-state index is 11.8. The van der Waals surface area contributed by atoms with Gasteiger partial charge < -0.3 is 4.42 Å². The average Bonchev–Trinajstić information content (AvgIpc) is 2.86. The van der Waals surface area contributed by atoms with Gasteiger partial charge in [-0.05, 0) is 23.6 Å². The van der Waals surface area contributed by atoms with Crippen LogP contribution in [0.2, 0.25) is 5.22 Å². The Morgan fingerprint density at radius 3 is 2.88 bits per heavy atom. The summed E-state index contributed by atoms with van der Waals surface area (Å²) in [6.45, 7) is 4.10. The number of anilines is 1. The van der Waals surface area contributed by atoms with E-state index >= 15 is 0 Å². The number of rotatable bonds is 3. The molecule has 0 atom stereocenters. The third-order valence-electron chi connectivity index (χ3n) is 2.20. The van der Waals surface area contributed by atoms with Crippen molar-refractivity contribution in [3.63, 3.8) is 0 Å². The number of carbonyl (C=O) groups excluding carboxylic acids is 1. The van der Waals surface area contributed by atoms with Gasteiger partial charge in [0.1, 0.15) is 0 Å². The van der Waals surface area contributed by atoms with E-state index in [1.807, 2.05) is 19.2 Å². The molecular formula is C11H11ClN2O2S. The van der Waals surface area contributed by atoms with Gasteiger partial charge in [-0.2, -0.15) is 0 Å². The van der Waals surface area contributed by atoms with Crippen LogP contribution in [0.3, 0.4) is 0 Å². The highest BCUT2D eigenvalue weighted by Gasteiger charge is 2.15. The molecule has 0 radical (unpaired) electrons. The second-order valence-corrected chi connectivity index (χ2v) is 5.00. The van der Waals surface area contributed by atoms with E-state index in [-0.39, 0.29) is 11.1 Å². The summed E-state index contributed by atoms with van der Waals surface area (Å²) in [5.41, 5.74) is 1.27. The Balaban J connectivity index is 2.11. The van der Waals surface area contributed by atoms with E-state index in [9.17, 15) is 4.79 Å². The number of nitrogens with zero attached hydrogens (tertiary/aromatic N) is 1. The summed E-state index contributed by atoms with van der Waals surface area (Å²) in [6.07, 6.45) is 1.37. The smallest absolute Gasteiger partial charge is 0.262 e. The molecule has 2 aromatic heterocycles. The summed E-state index contributed by atoms with van der Waals surface area (Å²) in [5.74, 6) is 0.0304. The Bertz CT molecular complexity index is 533. The highest BCUT2D eigenvalue weighted by Crippen LogP contribution is 2.23. The minimum absolute atomic E-state index is 0.0862. The Morgan fingerprint density at radius 1 is 1.59 bits per heavy atom. The summed E-state index contributed by atoms with van der Waals surface area (Å²) in [5, 5.41) is 5.26. The summed E-state index contributed by atoms with van der Waals surface area (Å²) >= 11 is 7.10. The summed E-state index contributed by atoms with van der Waals surface area (Å²) in [6, 6.07) is 1.52. The van der Waals surface area contributed by atoms with E-state index < -0.39 is 0 Å². The van der Waals surface area contributed by atoms with Crippen LogP contribution in [0.25, 0.3) is 0 Å². The molecule has 0 aromatic carbocycles. The molecule has 0 saturated heterocycles. The van der Waals surface area contributed by atoms with Crippen LogP contribution in [-0.4, -0.2) is 10.9 Å². The first-order valence-electron chi connectivity index (χ1n) is 5.07. The number of aromatic nitrogens is 1. The van der Waals surface area contributed by atoms with Crippen molar-refractivity contribution < 1.29 is 9.21 Å². The lowest BCUT2D eigenvalue weighted by molar-refractivity contribution is 0.102. The monoisotopic (exact) mass is 270 g/mol. The molecule has 0 aliphatic heterocycles. The summed E-state index contributed by atoms with van der Waals surface area (Å²) in [4.78, 5) is 16.1. The van der Waals surface area contributed by atoms with Crippen LogP contribution in [0.15, 0.2) is 22.1 Å². The van der Waals surface area contributed by atoms with Crippen LogP contribution < -0.4 is 5.32 Å². The zero-order valence-corrected chi connectivity index (χ0v) is 10.9. The number of nitrogens with one attached hydrogen (secondary N) is 1. The second-order valence-electron chi connectivity index (χ2n) is 3.79. The molecule has 0 spiro atoms. The molecule has 17 heavy (non-hydrogen) atoms. The van der Waals surface area contributed by atoms with Gasteiger partial charge in [-0.1, -0.05) is 13.8 Å². The van der Waals surface area contributed by atoms with Gasteiger partial charge in [0.2, 0.25) is 5.22 Å². The van der Waals surface area contributed by atoms with Gasteiger partial charge in [-0.25, -0.2) is 4.98 Å². The summed E-state index contributed by atoms with van der Waals surface area (Å²) in [7, 11) is 0. The van der Waals surface area contributed by atoms with E-state index in [1.165, 1.54) is 23.7 Å². The molecule has 1 amide bonds. The third-order valence-corrected chi connectivity index (χ3v) is 3.27. The molecule has 6 heteroatoms. The van der Waals surface area contributed by atoms with Gasteiger partial charge in [0.05, 0.1) is 17.5 Å². The fraction of sp³-hybridized carbons (Fsp3) is 0.273. The van der Waals surface area contributed by atoms with Crippen molar-refractivity contribution >= 4 is 34.0 Å². The quantitative estimate of drug-likeness (QED) is 0.924. The van der Waals surface area contributed by atoms with Gasteiger partial charge >= 0.3 is 0 Å². The predicted octanol–water partition coefficient (Wildman–Crippen LogP) is 3.77. The molecule has 0 aliphatic carbocycles. The predicted molar refractivity (Wildman–Crippen MR) is 67.9 cm³/mol. The van der Waals surface area contributed by atoms with Crippen LogP contribution in [-0.2, 0) is 0 Å². The van der Waals surface area contributed by atoms with Crippen molar-refractivity contribution in [1.29, 1.82) is 0 Å². The molecule has 1 N–H and O–H groups in total. The number of hydrogen-bond donors (Lipinski definition) is 1. The van der Waals surface area contributed by atoms with Crippen LogP contribution in [0.1, 0.15) is 35.8 Å². The second kappa shape index (κ2) is 4.89. The van der Waals surface area contributed by atoms with Crippen molar-refractivity contribution in [1.82, 2.24) is 4.98 Å². The first kappa shape index (κ1) is 12.1. The summed E-state index contributed by atoms with van der Waals surface area (Å²) < 4.78 is 4.85. The average molecular weight is 271 g/mol. The first-order chi connectivity index (χ1) is 8.08. The van der Waals surface area contributed by atoms with Crippen LogP contribution >= 0.6 is 22.9 Å². The lowest BCUT2D eigenvalue weighted by atomic mass is 10.2. The van der Waals surface area contributed by atoms with Gasteiger partial charge in [-0.15, -0.1) is 11.3 Å². The number of carbonyl (C=O) groups is 1. The molecule has 0 unspecified atom stereocenters. The molecule has 0 aliphatic rings. The van der Waals surface area contributed by atoms with Crippen molar-refractivity contribution in [3.8, 4) is 0 Å². The fourth-order valence-electron chi connectivity index (χ4n) is 1.23. The number of hydrogen-bond acceptors (Lipinski definition) is 4.